The summed E-state index contributed by atoms with van der Waals surface area (Å²) < 4.78 is 2.31. The molecule has 1 aromatic rings. The van der Waals surface area contributed by atoms with E-state index in [1.807, 2.05) is 13.0 Å². The lowest BCUT2D eigenvalue weighted by atomic mass is 10.3. The van der Waals surface area contributed by atoms with E-state index >= 15 is 0 Å². The summed E-state index contributed by atoms with van der Waals surface area (Å²) in [5.41, 5.74) is 1.03. The second kappa shape index (κ2) is 4.39. The molecule has 0 saturated carbocycles. The number of piperazine rings is 1. The third-order valence-corrected chi connectivity index (χ3v) is 3.30. The molecule has 1 saturated heterocycles. The Balaban J connectivity index is 2.08. The van der Waals surface area contributed by atoms with Crippen LogP contribution in [0.3, 0.4) is 0 Å². The fourth-order valence-corrected chi connectivity index (χ4v) is 1.96. The fourth-order valence-electron chi connectivity index (χ4n) is 1.52. The lowest BCUT2D eigenvalue weighted by Gasteiger charge is -2.31. The van der Waals surface area contributed by atoms with Gasteiger partial charge >= 0.3 is 0 Å². The van der Waals surface area contributed by atoms with E-state index in [2.05, 4.69) is 40.8 Å². The molecule has 0 aliphatic carbocycles. The fraction of sp³-hybridized carbons (Fsp3) is 0.556. The molecule has 5 heteroatoms. The second-order valence-corrected chi connectivity index (χ2v) is 4.78. The van der Waals surface area contributed by atoms with Crippen LogP contribution in [-0.4, -0.2) is 39.3 Å². The Morgan fingerprint density at radius 3 is 2.57 bits per heavy atom. The first-order chi connectivity index (χ1) is 6.75. The Bertz CT molecular complexity index is 309. The summed E-state index contributed by atoms with van der Waals surface area (Å²) in [5.74, 6) is 1.06. The van der Waals surface area contributed by atoms with Crippen molar-refractivity contribution in [2.45, 2.75) is 6.92 Å². The second-order valence-electron chi connectivity index (χ2n) is 3.41. The number of nitrogens with zero attached hydrogens (tertiary/aromatic N) is 4. The molecule has 1 aliphatic rings. The molecule has 1 aromatic heterocycles. The molecule has 14 heavy (non-hydrogen) atoms. The quantitative estimate of drug-likeness (QED) is 0.577. The minimum absolute atomic E-state index is 1.03. The first-order valence-corrected chi connectivity index (χ1v) is 5.66. The van der Waals surface area contributed by atoms with Crippen LogP contribution in [0.15, 0.2) is 12.4 Å². The lowest BCUT2D eigenvalue weighted by molar-refractivity contribution is 0.458. The van der Waals surface area contributed by atoms with E-state index in [1.165, 1.54) is 0 Å². The Labute approximate surface area is 97.8 Å². The van der Waals surface area contributed by atoms with Crippen LogP contribution in [0.2, 0.25) is 0 Å². The first-order valence-electron chi connectivity index (χ1n) is 4.70. The van der Waals surface area contributed by atoms with Crippen molar-refractivity contribution in [3.63, 3.8) is 0 Å². The number of hydrogen-bond acceptors (Lipinski definition) is 4. The number of halogens is 1. The number of aryl methyl sites for hydroxylation is 1. The van der Waals surface area contributed by atoms with Gasteiger partial charge in [-0.15, -0.1) is 0 Å². The average molecular weight is 304 g/mol. The predicted octanol–water partition coefficient (Wildman–Crippen LogP) is 1.26. The smallest absolute Gasteiger partial charge is 0.132 e. The SMILES string of the molecule is Cc1cc(N2CCN(I)CC2)ncn1. The van der Waals surface area contributed by atoms with Gasteiger partial charge in [0, 0.05) is 60.8 Å². The molecule has 0 bridgehead atoms. The van der Waals surface area contributed by atoms with Gasteiger partial charge in [0.2, 0.25) is 0 Å². The van der Waals surface area contributed by atoms with Crippen LogP contribution in [0, 0.1) is 6.92 Å². The molecular formula is C9H13IN4. The van der Waals surface area contributed by atoms with Crippen molar-refractivity contribution in [2.24, 2.45) is 0 Å². The Morgan fingerprint density at radius 1 is 1.21 bits per heavy atom. The number of rotatable bonds is 1. The maximum absolute atomic E-state index is 4.28. The topological polar surface area (TPSA) is 32.3 Å². The van der Waals surface area contributed by atoms with Crippen LogP contribution in [0.1, 0.15) is 5.69 Å². The van der Waals surface area contributed by atoms with Gasteiger partial charge < -0.3 is 4.90 Å². The maximum Gasteiger partial charge on any atom is 0.132 e. The van der Waals surface area contributed by atoms with Crippen molar-refractivity contribution < 1.29 is 0 Å². The van der Waals surface area contributed by atoms with Crippen LogP contribution in [-0.2, 0) is 0 Å². The van der Waals surface area contributed by atoms with Crippen molar-refractivity contribution >= 4 is 28.7 Å². The van der Waals surface area contributed by atoms with Gasteiger partial charge in [0.05, 0.1) is 0 Å². The number of anilines is 1. The molecule has 76 valence electrons. The Hall–Kier alpha value is -0.430. The molecule has 0 unspecified atom stereocenters. The minimum Gasteiger partial charge on any atom is -0.354 e. The predicted molar refractivity (Wildman–Crippen MR) is 64.6 cm³/mol. The van der Waals surface area contributed by atoms with Crippen LogP contribution in [0.5, 0.6) is 0 Å². The maximum atomic E-state index is 4.28. The standard InChI is InChI=1S/C9H13IN4/c1-8-6-9(12-7-11-8)13-2-4-14(10)5-3-13/h6-7H,2-5H2,1H3. The highest BCUT2D eigenvalue weighted by Gasteiger charge is 2.15. The normalized spacial score (nSPS) is 18.6. The summed E-state index contributed by atoms with van der Waals surface area (Å²) in [5, 5.41) is 0. The molecule has 0 radical (unpaired) electrons. The largest absolute Gasteiger partial charge is 0.354 e. The molecule has 1 fully saturated rings. The number of hydrogen-bond donors (Lipinski definition) is 0. The van der Waals surface area contributed by atoms with Crippen LogP contribution >= 0.6 is 22.9 Å². The van der Waals surface area contributed by atoms with Gasteiger partial charge in [0.25, 0.3) is 0 Å². The molecule has 1 aliphatic heterocycles. The van der Waals surface area contributed by atoms with E-state index < -0.39 is 0 Å². The van der Waals surface area contributed by atoms with E-state index in [1.54, 1.807) is 6.33 Å². The molecule has 0 atom stereocenters. The van der Waals surface area contributed by atoms with Crippen LogP contribution < -0.4 is 4.90 Å². The summed E-state index contributed by atoms with van der Waals surface area (Å²) in [6.45, 7) is 6.31. The molecule has 0 aromatic carbocycles. The first kappa shape index (κ1) is 10.1. The van der Waals surface area contributed by atoms with Crippen LogP contribution in [0.25, 0.3) is 0 Å². The van der Waals surface area contributed by atoms with E-state index in [9.17, 15) is 0 Å². The lowest BCUT2D eigenvalue weighted by Crippen LogP contribution is -2.42. The minimum atomic E-state index is 1.03. The van der Waals surface area contributed by atoms with Crippen molar-refractivity contribution in [3.8, 4) is 0 Å². The van der Waals surface area contributed by atoms with Crippen LogP contribution in [0.4, 0.5) is 5.82 Å². The molecule has 0 spiro atoms. The van der Waals surface area contributed by atoms with Gasteiger partial charge in [-0.3, -0.25) is 0 Å². The Kier molecular flexibility index (Phi) is 3.17. The van der Waals surface area contributed by atoms with Crippen molar-refractivity contribution in [1.82, 2.24) is 13.1 Å². The van der Waals surface area contributed by atoms with Crippen molar-refractivity contribution in [2.75, 3.05) is 31.1 Å². The zero-order valence-electron chi connectivity index (χ0n) is 8.15. The zero-order valence-corrected chi connectivity index (χ0v) is 10.3. The third-order valence-electron chi connectivity index (χ3n) is 2.34. The summed E-state index contributed by atoms with van der Waals surface area (Å²) in [4.78, 5) is 10.7. The highest BCUT2D eigenvalue weighted by molar-refractivity contribution is 14.1. The van der Waals surface area contributed by atoms with Gasteiger partial charge in [-0.05, 0) is 6.92 Å². The highest BCUT2D eigenvalue weighted by atomic mass is 127. The Morgan fingerprint density at radius 2 is 1.93 bits per heavy atom. The van der Waals surface area contributed by atoms with Gasteiger partial charge in [-0.1, -0.05) is 0 Å². The summed E-state index contributed by atoms with van der Waals surface area (Å²) >= 11 is 2.37. The summed E-state index contributed by atoms with van der Waals surface area (Å²) in [6.07, 6.45) is 1.64. The molecule has 2 rings (SSSR count). The monoisotopic (exact) mass is 304 g/mol. The summed E-state index contributed by atoms with van der Waals surface area (Å²) in [7, 11) is 0. The molecule has 0 N–H and O–H groups in total. The molecule has 0 amide bonds. The van der Waals surface area contributed by atoms with E-state index in [4.69, 9.17) is 0 Å². The van der Waals surface area contributed by atoms with Crippen molar-refractivity contribution in [1.29, 1.82) is 0 Å². The van der Waals surface area contributed by atoms with E-state index in [-0.39, 0.29) is 0 Å². The number of aromatic nitrogens is 2. The molecule has 2 heterocycles. The third kappa shape index (κ3) is 2.33. The van der Waals surface area contributed by atoms with E-state index in [0.29, 0.717) is 0 Å². The summed E-state index contributed by atoms with van der Waals surface area (Å²) in [6, 6.07) is 2.04. The van der Waals surface area contributed by atoms with Gasteiger partial charge in [0.15, 0.2) is 0 Å². The van der Waals surface area contributed by atoms with Gasteiger partial charge in [-0.2, -0.15) is 0 Å². The van der Waals surface area contributed by atoms with E-state index in [0.717, 1.165) is 37.7 Å². The zero-order chi connectivity index (χ0) is 9.97. The highest BCUT2D eigenvalue weighted by Crippen LogP contribution is 2.14. The van der Waals surface area contributed by atoms with Gasteiger partial charge in [0.1, 0.15) is 12.1 Å². The van der Waals surface area contributed by atoms with Gasteiger partial charge in [-0.25, -0.2) is 13.1 Å². The van der Waals surface area contributed by atoms with Crippen molar-refractivity contribution in [3.05, 3.63) is 18.1 Å². The average Bonchev–Trinajstić information content (AvgIpc) is 2.19. The molecule has 4 nitrogen and oxygen atoms in total. The molecular weight excluding hydrogens is 291 g/mol.